The molecule has 0 aromatic rings. The molecule has 6 unspecified atom stereocenters. The second-order valence-electron chi connectivity index (χ2n) is 11.3. The van der Waals surface area contributed by atoms with Crippen molar-refractivity contribution in [2.45, 2.75) is 66.2 Å². The molecule has 0 radical (unpaired) electrons. The average Bonchev–Trinajstić information content (AvgIpc) is 3.23. The van der Waals surface area contributed by atoms with Crippen LogP contribution in [0.4, 0.5) is 0 Å². The van der Waals surface area contributed by atoms with E-state index in [2.05, 4.69) is 64.2 Å². The summed E-state index contributed by atoms with van der Waals surface area (Å²) in [4.78, 5) is 0. The molecule has 0 N–H and O–H groups in total. The van der Waals surface area contributed by atoms with Gasteiger partial charge in [-0.2, -0.15) is 0 Å². The van der Waals surface area contributed by atoms with Gasteiger partial charge in [-0.1, -0.05) is 64.2 Å². The maximum absolute atomic E-state index is 2.50. The van der Waals surface area contributed by atoms with Gasteiger partial charge in [0.05, 0.1) is 0 Å². The van der Waals surface area contributed by atoms with E-state index in [-0.39, 0.29) is 0 Å². The predicted molar refractivity (Wildman–Crippen MR) is 115 cm³/mol. The summed E-state index contributed by atoms with van der Waals surface area (Å²) < 4.78 is 0. The highest BCUT2D eigenvalue weighted by Crippen LogP contribution is 2.71. The Morgan fingerprint density at radius 2 is 1.04 bits per heavy atom. The van der Waals surface area contributed by atoms with Crippen LogP contribution in [0.2, 0.25) is 0 Å². The van der Waals surface area contributed by atoms with Crippen LogP contribution in [0.15, 0.2) is 36.5 Å². The van der Waals surface area contributed by atoms with E-state index in [1.807, 2.05) is 0 Å². The van der Waals surface area contributed by atoms with Crippen LogP contribution in [0, 0.1) is 64.6 Å². The minimum Gasteiger partial charge on any atom is -0.0851 e. The Hall–Kier alpha value is -0.780. The topological polar surface area (TPSA) is 0 Å². The predicted octanol–water partition coefficient (Wildman–Crippen LogP) is 7.29. The zero-order valence-corrected chi connectivity index (χ0v) is 18.0. The molecule has 4 fully saturated rings. The van der Waals surface area contributed by atoms with E-state index in [0.29, 0.717) is 0 Å². The first-order valence-electron chi connectivity index (χ1n) is 12.0. The summed E-state index contributed by atoms with van der Waals surface area (Å²) in [7, 11) is 0. The molecule has 0 aromatic heterocycles. The summed E-state index contributed by atoms with van der Waals surface area (Å²) in [6, 6.07) is 0. The average molecular weight is 365 g/mol. The van der Waals surface area contributed by atoms with Crippen LogP contribution >= 0.6 is 0 Å². The largest absolute Gasteiger partial charge is 0.0851 e. The quantitative estimate of drug-likeness (QED) is 0.396. The van der Waals surface area contributed by atoms with Crippen LogP contribution in [0.25, 0.3) is 0 Å². The Morgan fingerprint density at radius 1 is 0.556 bits per heavy atom. The van der Waals surface area contributed by atoms with E-state index in [0.717, 1.165) is 64.6 Å². The van der Waals surface area contributed by atoms with E-state index in [4.69, 9.17) is 0 Å². The molecule has 0 nitrogen and oxygen atoms in total. The first-order chi connectivity index (χ1) is 13.0. The van der Waals surface area contributed by atoms with Gasteiger partial charge in [-0.15, -0.1) is 0 Å². The number of rotatable bonds is 0. The van der Waals surface area contributed by atoms with Gasteiger partial charge in [0.15, 0.2) is 0 Å². The normalized spacial score (nSPS) is 52.9. The molecule has 7 rings (SSSR count). The van der Waals surface area contributed by atoms with Crippen LogP contribution in [0.3, 0.4) is 0 Å². The second kappa shape index (κ2) is 6.64. The fraction of sp³-hybridized carbons (Fsp3) is 0.778. The minimum absolute atomic E-state index is 0.804. The summed E-state index contributed by atoms with van der Waals surface area (Å²) in [5.74, 6) is 9.62. The van der Waals surface area contributed by atoms with Gasteiger partial charge in [0.25, 0.3) is 0 Å². The molecule has 1 spiro atoms. The second-order valence-corrected chi connectivity index (χ2v) is 11.3. The smallest absolute Gasteiger partial charge is 0.0143 e. The van der Waals surface area contributed by atoms with E-state index in [9.17, 15) is 0 Å². The molecule has 4 saturated carbocycles. The van der Waals surface area contributed by atoms with Crippen molar-refractivity contribution in [3.05, 3.63) is 36.5 Å². The molecular formula is C27H40. The number of allylic oxidation sites excluding steroid dienone is 6. The zero-order chi connectivity index (χ0) is 18.8. The molecule has 0 aliphatic heterocycles. The van der Waals surface area contributed by atoms with E-state index in [1.165, 1.54) is 38.5 Å². The molecular weight excluding hydrogens is 324 g/mol. The maximum Gasteiger partial charge on any atom is -0.0143 e. The van der Waals surface area contributed by atoms with Gasteiger partial charge in [0.2, 0.25) is 0 Å². The standard InChI is InChI=1S/C11H16.C9H14.C7H10/c1-7-8(2)10-4-3-9(7)11(10)5-6-11;1-6-7(2)9-4-3-8(6)5-9;1-2-7-4-3-6(1)5-7/h3-4,7-10H,5-6H2,1-2H3;3-4,6-9H,5H2,1-2H3;1-2,6-7H,3-5H2/t7-,8+,9?,10?;6-,7+,8?,9?;. The van der Waals surface area contributed by atoms with Crippen molar-refractivity contribution in [2.75, 3.05) is 0 Å². The van der Waals surface area contributed by atoms with E-state index in [1.54, 1.807) is 0 Å². The third kappa shape index (κ3) is 2.92. The first kappa shape index (κ1) is 18.3. The summed E-state index contributed by atoms with van der Waals surface area (Å²) >= 11 is 0. The molecule has 6 bridgehead atoms. The highest BCUT2D eigenvalue weighted by Gasteiger charge is 2.64. The Kier molecular flexibility index (Phi) is 4.49. The SMILES string of the molecule is C1=CC2CCC1C2.C[C@@H]1C2C=CC(C2)[C@@H]1C.C[C@@H]1C2C=CC([C@@H]1C)C21CC1. The summed E-state index contributed by atoms with van der Waals surface area (Å²) in [5.41, 5.74) is 0.804. The number of fused-ring (bicyclic) bond motifs is 4. The lowest BCUT2D eigenvalue weighted by Gasteiger charge is -2.19. The highest BCUT2D eigenvalue weighted by molar-refractivity contribution is 5.27. The van der Waals surface area contributed by atoms with E-state index >= 15 is 0 Å². The highest BCUT2D eigenvalue weighted by atomic mass is 14.7. The van der Waals surface area contributed by atoms with Crippen LogP contribution in [-0.4, -0.2) is 0 Å². The summed E-state index contributed by atoms with van der Waals surface area (Å²) in [5, 5.41) is 0. The molecule has 7 aliphatic rings. The molecule has 0 amide bonds. The first-order valence-corrected chi connectivity index (χ1v) is 12.0. The Labute approximate surface area is 167 Å². The van der Waals surface area contributed by atoms with Crippen LogP contribution in [0.1, 0.15) is 66.2 Å². The number of hydrogen-bond donors (Lipinski definition) is 0. The lowest BCUT2D eigenvalue weighted by Crippen LogP contribution is -2.12. The Bertz CT molecular complexity index is 599. The fourth-order valence-electron chi connectivity index (χ4n) is 7.74. The van der Waals surface area contributed by atoms with Crippen molar-refractivity contribution in [3.63, 3.8) is 0 Å². The maximum atomic E-state index is 2.50. The molecule has 0 aromatic carbocycles. The van der Waals surface area contributed by atoms with Gasteiger partial charge in [-0.05, 0) is 103 Å². The molecule has 0 heterocycles. The van der Waals surface area contributed by atoms with Crippen LogP contribution in [0.5, 0.6) is 0 Å². The van der Waals surface area contributed by atoms with Crippen molar-refractivity contribution in [1.29, 1.82) is 0 Å². The van der Waals surface area contributed by atoms with Gasteiger partial charge >= 0.3 is 0 Å². The lowest BCUT2D eigenvalue weighted by molar-refractivity contribution is 0.364. The summed E-state index contributed by atoms with van der Waals surface area (Å²) in [6.07, 6.45) is 23.5. The van der Waals surface area contributed by atoms with Gasteiger partial charge in [-0.25, -0.2) is 0 Å². The molecule has 27 heavy (non-hydrogen) atoms. The molecule has 0 heteroatoms. The van der Waals surface area contributed by atoms with Crippen molar-refractivity contribution < 1.29 is 0 Å². The third-order valence-electron chi connectivity index (χ3n) is 10.1. The van der Waals surface area contributed by atoms with Gasteiger partial charge in [0.1, 0.15) is 0 Å². The minimum atomic E-state index is 0.804. The van der Waals surface area contributed by atoms with Crippen LogP contribution < -0.4 is 0 Å². The fourth-order valence-corrected chi connectivity index (χ4v) is 7.74. The monoisotopic (exact) mass is 364 g/mol. The third-order valence-corrected chi connectivity index (χ3v) is 10.1. The lowest BCUT2D eigenvalue weighted by atomic mass is 9.86. The van der Waals surface area contributed by atoms with Crippen LogP contribution in [-0.2, 0) is 0 Å². The molecule has 148 valence electrons. The zero-order valence-electron chi connectivity index (χ0n) is 18.0. The van der Waals surface area contributed by atoms with Gasteiger partial charge in [-0.3, -0.25) is 0 Å². The molecule has 7 aliphatic carbocycles. The van der Waals surface area contributed by atoms with Crippen molar-refractivity contribution >= 4 is 0 Å². The van der Waals surface area contributed by atoms with Gasteiger partial charge < -0.3 is 0 Å². The Morgan fingerprint density at radius 3 is 1.26 bits per heavy atom. The number of hydrogen-bond acceptors (Lipinski definition) is 0. The van der Waals surface area contributed by atoms with Gasteiger partial charge in [0, 0.05) is 0 Å². The van der Waals surface area contributed by atoms with Crippen molar-refractivity contribution in [3.8, 4) is 0 Å². The van der Waals surface area contributed by atoms with E-state index < -0.39 is 0 Å². The van der Waals surface area contributed by atoms with Crippen molar-refractivity contribution in [2.24, 2.45) is 64.6 Å². The van der Waals surface area contributed by atoms with Crippen molar-refractivity contribution in [1.82, 2.24) is 0 Å². The molecule has 10 atom stereocenters. The summed E-state index contributed by atoms with van der Waals surface area (Å²) in [6.45, 7) is 9.66. The Balaban J connectivity index is 0.0000000913. The molecule has 0 saturated heterocycles.